The summed E-state index contributed by atoms with van der Waals surface area (Å²) < 4.78 is 11.8. The van der Waals surface area contributed by atoms with Crippen molar-refractivity contribution in [3.63, 3.8) is 0 Å². The van der Waals surface area contributed by atoms with Crippen molar-refractivity contribution >= 4 is 17.2 Å². The van der Waals surface area contributed by atoms with Crippen molar-refractivity contribution in [2.75, 3.05) is 39.5 Å². The lowest BCUT2D eigenvalue weighted by Gasteiger charge is -2.37. The molecule has 1 aromatic carbocycles. The average molecular weight is 487 g/mol. The highest BCUT2D eigenvalue weighted by molar-refractivity contribution is 7.10. The van der Waals surface area contributed by atoms with Gasteiger partial charge in [0.05, 0.1) is 25.3 Å². The summed E-state index contributed by atoms with van der Waals surface area (Å²) in [6, 6.07) is 10.5. The van der Waals surface area contributed by atoms with Gasteiger partial charge in [0.15, 0.2) is 0 Å². The number of carbonyl (C=O) groups is 1. The lowest BCUT2D eigenvalue weighted by molar-refractivity contribution is -0.136. The van der Waals surface area contributed by atoms with E-state index in [-0.39, 0.29) is 11.9 Å². The molecule has 0 bridgehead atoms. The van der Waals surface area contributed by atoms with Crippen molar-refractivity contribution in [3.05, 3.63) is 51.7 Å². The third-order valence-corrected chi connectivity index (χ3v) is 7.42. The number of hydrogen-bond donors (Lipinski definition) is 1. The molecule has 1 aliphatic carbocycles. The summed E-state index contributed by atoms with van der Waals surface area (Å²) in [5.41, 5.74) is 2.36. The number of amides is 1. The van der Waals surface area contributed by atoms with Crippen molar-refractivity contribution < 1.29 is 19.4 Å². The highest BCUT2D eigenvalue weighted by Gasteiger charge is 2.36. The minimum Gasteiger partial charge on any atom is -0.491 e. The zero-order valence-corrected chi connectivity index (χ0v) is 21.4. The first kappa shape index (κ1) is 25.2. The summed E-state index contributed by atoms with van der Waals surface area (Å²) in [6.45, 7) is 9.12. The van der Waals surface area contributed by atoms with Crippen molar-refractivity contribution in [2.24, 2.45) is 5.92 Å². The maximum atomic E-state index is 13.6. The smallest absolute Gasteiger partial charge is 0.237 e. The fraction of sp³-hybridized carbons (Fsp3) is 0.593. The number of aliphatic hydroxyl groups is 1. The van der Waals surface area contributed by atoms with Crippen molar-refractivity contribution in [1.82, 2.24) is 9.80 Å². The molecule has 1 amide bonds. The molecule has 2 heterocycles. The Morgan fingerprint density at radius 2 is 2.09 bits per heavy atom. The van der Waals surface area contributed by atoms with E-state index in [1.807, 2.05) is 23.1 Å². The molecule has 2 aromatic rings. The Bertz CT molecular complexity index is 942. The Labute approximate surface area is 207 Å². The van der Waals surface area contributed by atoms with Gasteiger partial charge in [-0.2, -0.15) is 0 Å². The minimum absolute atomic E-state index is 0.0941. The monoisotopic (exact) mass is 486 g/mol. The second-order valence-electron chi connectivity index (χ2n) is 10.0. The first-order valence-corrected chi connectivity index (χ1v) is 13.3. The number of aliphatic hydroxyl groups excluding tert-OH is 1. The molecule has 2 aliphatic rings. The normalized spacial score (nSPS) is 18.9. The molecule has 4 rings (SSSR count). The van der Waals surface area contributed by atoms with E-state index in [4.69, 9.17) is 9.47 Å². The topological polar surface area (TPSA) is 62.2 Å². The fourth-order valence-electron chi connectivity index (χ4n) is 4.57. The standard InChI is InChI=1S/C27H38N2O4S/c1-19(2)16-32-17-22(30)14-28(21-7-8-21)15-27(31)29-11-9-26-24(10-12-34-26)25(29)18-33-23-6-4-5-20(3)13-23/h4-6,10,12-13,19,21-22,25,30H,7-9,11,14-18H2,1-3H3/t22-,25+/m0/s1. The number of nitrogens with zero attached hydrogens (tertiary/aromatic N) is 2. The van der Waals surface area contributed by atoms with Gasteiger partial charge in [-0.1, -0.05) is 26.0 Å². The number of carbonyl (C=O) groups excluding carboxylic acids is 1. The largest absolute Gasteiger partial charge is 0.491 e. The van der Waals surface area contributed by atoms with Crippen LogP contribution in [0.15, 0.2) is 35.7 Å². The first-order chi connectivity index (χ1) is 16.4. The van der Waals surface area contributed by atoms with Gasteiger partial charge in [0.25, 0.3) is 0 Å². The fourth-order valence-corrected chi connectivity index (χ4v) is 5.49. The van der Waals surface area contributed by atoms with Gasteiger partial charge in [-0.25, -0.2) is 0 Å². The summed E-state index contributed by atoms with van der Waals surface area (Å²) in [6.07, 6.45) is 2.47. The van der Waals surface area contributed by atoms with Crippen LogP contribution in [0.25, 0.3) is 0 Å². The van der Waals surface area contributed by atoms with Crippen LogP contribution in [0.2, 0.25) is 0 Å². The van der Waals surface area contributed by atoms with Gasteiger partial charge in [0, 0.05) is 30.6 Å². The van der Waals surface area contributed by atoms with Crippen LogP contribution >= 0.6 is 11.3 Å². The highest BCUT2D eigenvalue weighted by atomic mass is 32.1. The van der Waals surface area contributed by atoms with Crippen LogP contribution in [0.3, 0.4) is 0 Å². The maximum absolute atomic E-state index is 13.6. The molecule has 34 heavy (non-hydrogen) atoms. The van der Waals surface area contributed by atoms with Gasteiger partial charge in [0.1, 0.15) is 12.4 Å². The predicted octanol–water partition coefficient (Wildman–Crippen LogP) is 4.06. The van der Waals surface area contributed by atoms with E-state index in [0.29, 0.717) is 51.4 Å². The Morgan fingerprint density at radius 3 is 2.82 bits per heavy atom. The highest BCUT2D eigenvalue weighted by Crippen LogP contribution is 2.35. The Balaban J connectivity index is 1.40. The molecule has 2 atom stereocenters. The van der Waals surface area contributed by atoms with Crippen LogP contribution < -0.4 is 4.74 Å². The van der Waals surface area contributed by atoms with Gasteiger partial charge in [0.2, 0.25) is 5.91 Å². The Kier molecular flexibility index (Phi) is 8.64. The van der Waals surface area contributed by atoms with Crippen molar-refractivity contribution in [1.29, 1.82) is 0 Å². The molecule has 1 aliphatic heterocycles. The number of hydrogen-bond acceptors (Lipinski definition) is 6. The van der Waals surface area contributed by atoms with Gasteiger partial charge < -0.3 is 19.5 Å². The quantitative estimate of drug-likeness (QED) is 0.490. The van der Waals surface area contributed by atoms with E-state index in [9.17, 15) is 9.90 Å². The Morgan fingerprint density at radius 1 is 1.26 bits per heavy atom. The second kappa shape index (κ2) is 11.7. The number of aryl methyl sites for hydroxylation is 1. The van der Waals surface area contributed by atoms with E-state index in [2.05, 4.69) is 43.2 Å². The summed E-state index contributed by atoms with van der Waals surface area (Å²) in [5, 5.41) is 12.6. The number of ether oxygens (including phenoxy) is 2. The molecule has 0 spiro atoms. The zero-order valence-electron chi connectivity index (χ0n) is 20.6. The van der Waals surface area contributed by atoms with E-state index in [1.165, 1.54) is 10.4 Å². The van der Waals surface area contributed by atoms with Crippen LogP contribution in [0.4, 0.5) is 0 Å². The summed E-state index contributed by atoms with van der Waals surface area (Å²) in [5.74, 6) is 1.38. The summed E-state index contributed by atoms with van der Waals surface area (Å²) >= 11 is 1.76. The molecule has 1 aromatic heterocycles. The molecule has 1 N–H and O–H groups in total. The van der Waals surface area contributed by atoms with Crippen molar-refractivity contribution in [3.8, 4) is 5.75 Å². The predicted molar refractivity (Wildman–Crippen MR) is 135 cm³/mol. The second-order valence-corrected chi connectivity index (χ2v) is 11.0. The van der Waals surface area contributed by atoms with E-state index < -0.39 is 6.10 Å². The molecule has 0 saturated heterocycles. The first-order valence-electron chi connectivity index (χ1n) is 12.5. The third-order valence-electron chi connectivity index (χ3n) is 6.42. The van der Waals surface area contributed by atoms with Crippen molar-refractivity contribution in [2.45, 2.75) is 58.2 Å². The van der Waals surface area contributed by atoms with Crippen LogP contribution in [0.1, 0.15) is 48.7 Å². The zero-order chi connectivity index (χ0) is 24.1. The maximum Gasteiger partial charge on any atom is 0.237 e. The Hall–Kier alpha value is -1.93. The molecule has 0 unspecified atom stereocenters. The lowest BCUT2D eigenvalue weighted by Crippen LogP contribution is -2.48. The van der Waals surface area contributed by atoms with Gasteiger partial charge in [-0.3, -0.25) is 9.69 Å². The summed E-state index contributed by atoms with van der Waals surface area (Å²) in [4.78, 5) is 19.0. The van der Waals surface area contributed by atoms with Crippen LogP contribution in [0, 0.1) is 12.8 Å². The summed E-state index contributed by atoms with van der Waals surface area (Å²) in [7, 11) is 0. The van der Waals surface area contributed by atoms with Gasteiger partial charge in [-0.15, -0.1) is 11.3 Å². The number of fused-ring (bicyclic) bond motifs is 1. The van der Waals surface area contributed by atoms with E-state index >= 15 is 0 Å². The molecular formula is C27H38N2O4S. The third kappa shape index (κ3) is 6.81. The number of thiophene rings is 1. The van der Waals surface area contributed by atoms with E-state index in [1.54, 1.807) is 11.3 Å². The van der Waals surface area contributed by atoms with Gasteiger partial charge in [-0.05, 0) is 66.8 Å². The van der Waals surface area contributed by atoms with E-state index in [0.717, 1.165) is 30.6 Å². The lowest BCUT2D eigenvalue weighted by atomic mass is 10.0. The number of benzene rings is 1. The average Bonchev–Trinajstić information content (AvgIpc) is 3.53. The van der Waals surface area contributed by atoms with Crippen LogP contribution in [-0.2, 0) is 16.0 Å². The SMILES string of the molecule is Cc1cccc(OC[C@@H]2c3ccsc3CCN2C(=O)CN(C[C@H](O)COCC(C)C)C2CC2)c1. The molecule has 7 heteroatoms. The molecule has 1 saturated carbocycles. The molecule has 1 fully saturated rings. The van der Waals surface area contributed by atoms with Crippen LogP contribution in [-0.4, -0.2) is 72.4 Å². The molecule has 186 valence electrons. The molecule has 0 radical (unpaired) electrons. The molecular weight excluding hydrogens is 448 g/mol. The minimum atomic E-state index is -0.586. The molecule has 6 nitrogen and oxygen atoms in total. The number of rotatable bonds is 12. The van der Waals surface area contributed by atoms with Gasteiger partial charge >= 0.3 is 0 Å². The van der Waals surface area contributed by atoms with Crippen LogP contribution in [0.5, 0.6) is 5.75 Å².